The first-order valence-corrected chi connectivity index (χ1v) is 6.95. The van der Waals surface area contributed by atoms with Gasteiger partial charge >= 0.3 is 0 Å². The van der Waals surface area contributed by atoms with Crippen molar-refractivity contribution in [2.24, 2.45) is 0 Å². The third-order valence-electron chi connectivity index (χ3n) is 2.20. The maximum atomic E-state index is 5.50. The summed E-state index contributed by atoms with van der Waals surface area (Å²) in [4.78, 5) is 4.17. The van der Waals surface area contributed by atoms with E-state index in [9.17, 15) is 0 Å². The SMILES string of the molecule is C#CCOc1ccc(Br)cc1CNc1nccs1. The van der Waals surface area contributed by atoms with E-state index in [-0.39, 0.29) is 6.61 Å². The molecule has 1 aromatic heterocycles. The molecule has 0 amide bonds. The Kier molecular flexibility index (Phi) is 4.62. The van der Waals surface area contributed by atoms with Gasteiger partial charge in [0.1, 0.15) is 12.4 Å². The fraction of sp³-hybridized carbons (Fsp3) is 0.154. The summed E-state index contributed by atoms with van der Waals surface area (Å²) < 4.78 is 6.50. The zero-order valence-electron chi connectivity index (χ0n) is 9.52. The van der Waals surface area contributed by atoms with E-state index in [1.165, 1.54) is 0 Å². The average molecular weight is 323 g/mol. The molecule has 0 radical (unpaired) electrons. The molecule has 0 spiro atoms. The van der Waals surface area contributed by atoms with Crippen molar-refractivity contribution in [1.29, 1.82) is 0 Å². The van der Waals surface area contributed by atoms with Crippen molar-refractivity contribution >= 4 is 32.4 Å². The molecular weight excluding hydrogens is 312 g/mol. The number of benzene rings is 1. The highest BCUT2D eigenvalue weighted by molar-refractivity contribution is 9.10. The van der Waals surface area contributed by atoms with E-state index in [4.69, 9.17) is 11.2 Å². The van der Waals surface area contributed by atoms with E-state index >= 15 is 0 Å². The van der Waals surface area contributed by atoms with Crippen molar-refractivity contribution in [3.63, 3.8) is 0 Å². The molecule has 0 aliphatic rings. The van der Waals surface area contributed by atoms with E-state index in [0.29, 0.717) is 6.54 Å². The normalized spacial score (nSPS) is 9.78. The van der Waals surface area contributed by atoms with E-state index < -0.39 is 0 Å². The summed E-state index contributed by atoms with van der Waals surface area (Å²) in [5.41, 5.74) is 1.04. The summed E-state index contributed by atoms with van der Waals surface area (Å²) in [7, 11) is 0. The Balaban J connectivity index is 2.09. The quantitative estimate of drug-likeness (QED) is 0.855. The van der Waals surface area contributed by atoms with Gasteiger partial charge in [-0.25, -0.2) is 4.98 Å². The molecule has 0 atom stereocenters. The number of thiazole rings is 1. The van der Waals surface area contributed by atoms with Crippen LogP contribution in [0.5, 0.6) is 5.75 Å². The fourth-order valence-corrected chi connectivity index (χ4v) is 2.36. The van der Waals surface area contributed by atoms with Crippen molar-refractivity contribution in [2.75, 3.05) is 11.9 Å². The van der Waals surface area contributed by atoms with Crippen LogP contribution in [-0.4, -0.2) is 11.6 Å². The maximum Gasteiger partial charge on any atom is 0.182 e. The maximum absolute atomic E-state index is 5.50. The summed E-state index contributed by atoms with van der Waals surface area (Å²) in [5, 5.41) is 6.06. The van der Waals surface area contributed by atoms with Gasteiger partial charge in [-0.15, -0.1) is 17.8 Å². The average Bonchev–Trinajstić information content (AvgIpc) is 2.88. The molecule has 0 aliphatic heterocycles. The molecule has 0 saturated heterocycles. The van der Waals surface area contributed by atoms with E-state index in [0.717, 1.165) is 20.9 Å². The highest BCUT2D eigenvalue weighted by atomic mass is 79.9. The number of aromatic nitrogens is 1. The van der Waals surface area contributed by atoms with E-state index in [2.05, 4.69) is 32.2 Å². The fourth-order valence-electron chi connectivity index (χ4n) is 1.43. The molecule has 2 rings (SSSR count). The van der Waals surface area contributed by atoms with Crippen LogP contribution in [0.1, 0.15) is 5.56 Å². The topological polar surface area (TPSA) is 34.1 Å². The lowest BCUT2D eigenvalue weighted by atomic mass is 10.2. The molecule has 1 aromatic carbocycles. The number of anilines is 1. The van der Waals surface area contributed by atoms with Crippen molar-refractivity contribution in [1.82, 2.24) is 4.98 Å². The van der Waals surface area contributed by atoms with Crippen molar-refractivity contribution in [3.05, 3.63) is 39.8 Å². The van der Waals surface area contributed by atoms with Crippen LogP contribution in [0.15, 0.2) is 34.2 Å². The molecule has 18 heavy (non-hydrogen) atoms. The second kappa shape index (κ2) is 6.43. The van der Waals surface area contributed by atoms with Crippen LogP contribution in [0.3, 0.4) is 0 Å². The molecule has 1 heterocycles. The molecule has 0 saturated carbocycles. The molecule has 0 bridgehead atoms. The van der Waals surface area contributed by atoms with Crippen molar-refractivity contribution < 1.29 is 4.74 Å². The smallest absolute Gasteiger partial charge is 0.182 e. The number of nitrogens with one attached hydrogen (secondary N) is 1. The summed E-state index contributed by atoms with van der Waals surface area (Å²) in [5.74, 6) is 3.25. The Morgan fingerprint density at radius 1 is 1.50 bits per heavy atom. The monoisotopic (exact) mass is 322 g/mol. The van der Waals surface area contributed by atoms with Crippen LogP contribution in [0.4, 0.5) is 5.13 Å². The molecule has 3 nitrogen and oxygen atoms in total. The standard InChI is InChI=1S/C13H11BrN2OS/c1-2-6-17-12-4-3-11(14)8-10(12)9-16-13-15-5-7-18-13/h1,3-5,7-8H,6,9H2,(H,15,16). The first-order valence-electron chi connectivity index (χ1n) is 5.27. The molecule has 92 valence electrons. The third-order valence-corrected chi connectivity index (χ3v) is 3.42. The van der Waals surface area contributed by atoms with E-state index in [1.807, 2.05) is 23.6 Å². The van der Waals surface area contributed by atoms with Crippen LogP contribution in [0, 0.1) is 12.3 Å². The molecule has 5 heteroatoms. The summed E-state index contributed by atoms with van der Waals surface area (Å²) in [6.45, 7) is 0.915. The Hall–Kier alpha value is -1.51. The first-order chi connectivity index (χ1) is 8.79. The predicted molar refractivity (Wildman–Crippen MR) is 77.9 cm³/mol. The van der Waals surface area contributed by atoms with Gasteiger partial charge in [-0.1, -0.05) is 21.9 Å². The number of rotatable bonds is 5. The van der Waals surface area contributed by atoms with E-state index in [1.54, 1.807) is 17.5 Å². The Morgan fingerprint density at radius 3 is 3.11 bits per heavy atom. The Labute approximate surface area is 118 Å². The summed E-state index contributed by atoms with van der Waals surface area (Å²) >= 11 is 5.01. The lowest BCUT2D eigenvalue weighted by molar-refractivity contribution is 0.366. The van der Waals surface area contributed by atoms with Crippen LogP contribution in [0.25, 0.3) is 0 Å². The Bertz CT molecular complexity index is 549. The molecule has 0 aliphatic carbocycles. The zero-order valence-corrected chi connectivity index (χ0v) is 11.9. The summed E-state index contributed by atoms with van der Waals surface area (Å²) in [6, 6.07) is 5.84. The van der Waals surface area contributed by atoms with Crippen LogP contribution < -0.4 is 10.1 Å². The van der Waals surface area contributed by atoms with Gasteiger partial charge in [-0.2, -0.15) is 0 Å². The van der Waals surface area contributed by atoms with Gasteiger partial charge in [-0.05, 0) is 18.2 Å². The van der Waals surface area contributed by atoms with Gasteiger partial charge in [-0.3, -0.25) is 0 Å². The van der Waals surface area contributed by atoms with Crippen LogP contribution >= 0.6 is 27.3 Å². The van der Waals surface area contributed by atoms with Gasteiger partial charge in [0.15, 0.2) is 5.13 Å². The largest absolute Gasteiger partial charge is 0.481 e. The minimum absolute atomic E-state index is 0.270. The number of hydrogen-bond acceptors (Lipinski definition) is 4. The highest BCUT2D eigenvalue weighted by Crippen LogP contribution is 2.24. The van der Waals surface area contributed by atoms with Crippen molar-refractivity contribution in [3.8, 4) is 18.1 Å². The molecule has 1 N–H and O–H groups in total. The lowest BCUT2D eigenvalue weighted by Gasteiger charge is -2.10. The second-order valence-corrected chi connectivity index (χ2v) is 5.25. The third kappa shape index (κ3) is 3.49. The minimum Gasteiger partial charge on any atom is -0.481 e. The highest BCUT2D eigenvalue weighted by Gasteiger charge is 2.05. The zero-order chi connectivity index (χ0) is 12.8. The molecular formula is C13H11BrN2OS. The first kappa shape index (κ1) is 12.9. The second-order valence-electron chi connectivity index (χ2n) is 3.44. The predicted octanol–water partition coefficient (Wildman–Crippen LogP) is 3.53. The number of halogens is 1. The molecule has 2 aromatic rings. The number of nitrogens with zero attached hydrogens (tertiary/aromatic N) is 1. The van der Waals surface area contributed by atoms with Crippen molar-refractivity contribution in [2.45, 2.75) is 6.54 Å². The molecule has 0 unspecified atom stereocenters. The Morgan fingerprint density at radius 2 is 2.39 bits per heavy atom. The number of ether oxygens (including phenoxy) is 1. The minimum atomic E-state index is 0.270. The van der Waals surface area contributed by atoms with Gasteiger partial charge in [0.05, 0.1) is 0 Å². The number of hydrogen-bond donors (Lipinski definition) is 1. The van der Waals surface area contributed by atoms with Gasteiger partial charge in [0, 0.05) is 28.2 Å². The van der Waals surface area contributed by atoms with Gasteiger partial charge in [0.25, 0.3) is 0 Å². The summed E-state index contributed by atoms with van der Waals surface area (Å²) in [6.07, 6.45) is 6.97. The number of terminal acetylenes is 1. The van der Waals surface area contributed by atoms with Gasteiger partial charge in [0.2, 0.25) is 0 Å². The van der Waals surface area contributed by atoms with Gasteiger partial charge < -0.3 is 10.1 Å². The molecule has 0 fully saturated rings. The van der Waals surface area contributed by atoms with Crippen LogP contribution in [0.2, 0.25) is 0 Å². The lowest BCUT2D eigenvalue weighted by Crippen LogP contribution is -2.03. The van der Waals surface area contributed by atoms with Crippen LogP contribution in [-0.2, 0) is 6.54 Å².